The molecule has 0 aromatic carbocycles. The summed E-state index contributed by atoms with van der Waals surface area (Å²) in [6.45, 7) is 1.09. The zero-order valence-electron chi connectivity index (χ0n) is 9.39. The molecule has 2 fully saturated rings. The van der Waals surface area contributed by atoms with Crippen LogP contribution in [0, 0.1) is 11.3 Å². The second-order valence-electron chi connectivity index (χ2n) is 5.21. The van der Waals surface area contributed by atoms with Crippen LogP contribution in [0.5, 0.6) is 0 Å². The molecule has 1 aliphatic carbocycles. The predicted octanol–water partition coefficient (Wildman–Crippen LogP) is 2.47. The average molecular weight is 238 g/mol. The Balaban J connectivity index is 1.80. The van der Waals surface area contributed by atoms with Gasteiger partial charge in [0.05, 0.1) is 12.7 Å². The lowest BCUT2D eigenvalue weighted by Crippen LogP contribution is -2.38. The highest BCUT2D eigenvalue weighted by Gasteiger charge is 2.50. The molecule has 0 bridgehead atoms. The summed E-state index contributed by atoms with van der Waals surface area (Å²) in [5.41, 5.74) is 1.36. The van der Waals surface area contributed by atoms with Gasteiger partial charge in [0.2, 0.25) is 0 Å². The minimum Gasteiger partial charge on any atom is -0.396 e. The number of aliphatic hydroxyl groups is 1. The molecule has 1 saturated carbocycles. The lowest BCUT2D eigenvalue weighted by molar-refractivity contribution is 0.000633. The van der Waals surface area contributed by atoms with E-state index in [2.05, 4.69) is 16.8 Å². The van der Waals surface area contributed by atoms with Crippen LogP contribution in [0.2, 0.25) is 0 Å². The maximum Gasteiger partial charge on any atom is 0.0685 e. The lowest BCUT2D eigenvalue weighted by atomic mass is 9.75. The maximum atomic E-state index is 9.79. The van der Waals surface area contributed by atoms with Crippen molar-refractivity contribution >= 4 is 11.3 Å². The molecule has 0 amide bonds. The predicted molar refractivity (Wildman–Crippen MR) is 64.6 cm³/mol. The van der Waals surface area contributed by atoms with Gasteiger partial charge in [-0.15, -0.1) is 0 Å². The minimum atomic E-state index is 0.00222. The van der Waals surface area contributed by atoms with Crippen LogP contribution in [0.1, 0.15) is 24.8 Å². The van der Waals surface area contributed by atoms with Crippen LogP contribution in [0.25, 0.3) is 0 Å². The molecule has 2 aliphatic rings. The fourth-order valence-corrected chi connectivity index (χ4v) is 3.63. The van der Waals surface area contributed by atoms with Crippen LogP contribution in [0.15, 0.2) is 16.8 Å². The van der Waals surface area contributed by atoms with E-state index < -0.39 is 0 Å². The number of aliphatic hydroxyl groups excluding tert-OH is 1. The fraction of sp³-hybridized carbons (Fsp3) is 0.692. The van der Waals surface area contributed by atoms with Gasteiger partial charge < -0.3 is 9.84 Å². The van der Waals surface area contributed by atoms with Gasteiger partial charge in [0.1, 0.15) is 0 Å². The summed E-state index contributed by atoms with van der Waals surface area (Å²) in [7, 11) is 0. The molecule has 1 aromatic rings. The van der Waals surface area contributed by atoms with Crippen LogP contribution in [0.4, 0.5) is 0 Å². The van der Waals surface area contributed by atoms with Crippen molar-refractivity contribution in [3.63, 3.8) is 0 Å². The Bertz CT molecular complexity index is 345. The SMILES string of the molecule is OCC1(Cc2ccsc2)CCOC1C1CC1. The largest absolute Gasteiger partial charge is 0.396 e. The summed E-state index contributed by atoms with van der Waals surface area (Å²) in [6, 6.07) is 2.17. The molecule has 1 N–H and O–H groups in total. The summed E-state index contributed by atoms with van der Waals surface area (Å²) in [5.74, 6) is 0.716. The van der Waals surface area contributed by atoms with Crippen LogP contribution >= 0.6 is 11.3 Å². The van der Waals surface area contributed by atoms with E-state index in [0.717, 1.165) is 19.4 Å². The fourth-order valence-electron chi connectivity index (χ4n) is 2.96. The number of hydrogen-bond donors (Lipinski definition) is 1. The van der Waals surface area contributed by atoms with Gasteiger partial charge >= 0.3 is 0 Å². The van der Waals surface area contributed by atoms with E-state index in [1.54, 1.807) is 11.3 Å². The number of rotatable bonds is 4. The Morgan fingerprint density at radius 2 is 2.38 bits per heavy atom. The molecule has 2 atom stereocenters. The zero-order valence-corrected chi connectivity index (χ0v) is 10.2. The third-order valence-corrected chi connectivity index (χ3v) is 4.73. The molecular weight excluding hydrogens is 220 g/mol. The van der Waals surface area contributed by atoms with E-state index in [4.69, 9.17) is 4.74 Å². The Morgan fingerprint density at radius 1 is 1.50 bits per heavy atom. The monoisotopic (exact) mass is 238 g/mol. The summed E-state index contributed by atoms with van der Waals surface area (Å²) in [6.07, 6.45) is 4.87. The van der Waals surface area contributed by atoms with Crippen molar-refractivity contribution in [2.75, 3.05) is 13.2 Å². The first-order chi connectivity index (χ1) is 7.84. The van der Waals surface area contributed by atoms with Crippen LogP contribution < -0.4 is 0 Å². The standard InChI is InChI=1S/C13H18O2S/c14-9-13(7-10-3-6-16-8-10)4-5-15-12(13)11-1-2-11/h3,6,8,11-12,14H,1-2,4-5,7,9H2. The van der Waals surface area contributed by atoms with Gasteiger partial charge in [-0.1, -0.05) is 0 Å². The van der Waals surface area contributed by atoms with E-state index in [9.17, 15) is 5.11 Å². The quantitative estimate of drug-likeness (QED) is 0.873. The number of ether oxygens (including phenoxy) is 1. The van der Waals surface area contributed by atoms with Gasteiger partial charge in [0.25, 0.3) is 0 Å². The first-order valence-corrected chi connectivity index (χ1v) is 7.02. The van der Waals surface area contributed by atoms with Crippen molar-refractivity contribution in [2.45, 2.75) is 31.8 Å². The Morgan fingerprint density at radius 3 is 3.00 bits per heavy atom. The average Bonchev–Trinajstić information content (AvgIpc) is 2.86. The Hall–Kier alpha value is -0.380. The third kappa shape index (κ3) is 1.81. The zero-order chi connectivity index (χ0) is 11.0. The highest BCUT2D eigenvalue weighted by molar-refractivity contribution is 7.07. The summed E-state index contributed by atoms with van der Waals surface area (Å²) >= 11 is 1.73. The molecular formula is C13H18O2S. The molecule has 1 aromatic heterocycles. The third-order valence-electron chi connectivity index (χ3n) is 4.00. The van der Waals surface area contributed by atoms with Crippen LogP contribution in [-0.2, 0) is 11.2 Å². The molecule has 0 radical (unpaired) electrons. The van der Waals surface area contributed by atoms with Crippen molar-refractivity contribution in [3.8, 4) is 0 Å². The van der Waals surface area contributed by atoms with Crippen molar-refractivity contribution < 1.29 is 9.84 Å². The second kappa shape index (κ2) is 4.13. The van der Waals surface area contributed by atoms with Crippen LogP contribution in [0.3, 0.4) is 0 Å². The maximum absolute atomic E-state index is 9.79. The number of thiophene rings is 1. The molecule has 2 unspecified atom stereocenters. The lowest BCUT2D eigenvalue weighted by Gasteiger charge is -2.32. The first-order valence-electron chi connectivity index (χ1n) is 6.08. The first kappa shape index (κ1) is 10.8. The van der Waals surface area contributed by atoms with Gasteiger partial charge in [0.15, 0.2) is 0 Å². The molecule has 2 nitrogen and oxygen atoms in total. The van der Waals surface area contributed by atoms with E-state index in [-0.39, 0.29) is 12.0 Å². The van der Waals surface area contributed by atoms with E-state index >= 15 is 0 Å². The minimum absolute atomic E-state index is 0.00222. The highest BCUT2D eigenvalue weighted by Crippen LogP contribution is 2.49. The van der Waals surface area contributed by atoms with E-state index in [1.807, 2.05) is 0 Å². The van der Waals surface area contributed by atoms with Gasteiger partial charge in [-0.25, -0.2) is 0 Å². The molecule has 3 rings (SSSR count). The summed E-state index contributed by atoms with van der Waals surface area (Å²) in [5, 5.41) is 14.1. The van der Waals surface area contributed by atoms with Gasteiger partial charge in [0, 0.05) is 12.0 Å². The molecule has 16 heavy (non-hydrogen) atoms. The molecule has 0 spiro atoms. The summed E-state index contributed by atoms with van der Waals surface area (Å²) < 4.78 is 5.88. The van der Waals surface area contributed by atoms with Crippen molar-refractivity contribution in [1.82, 2.24) is 0 Å². The highest BCUT2D eigenvalue weighted by atomic mass is 32.1. The summed E-state index contributed by atoms with van der Waals surface area (Å²) in [4.78, 5) is 0. The molecule has 1 aliphatic heterocycles. The van der Waals surface area contributed by atoms with Crippen molar-refractivity contribution in [2.24, 2.45) is 11.3 Å². The van der Waals surface area contributed by atoms with Crippen molar-refractivity contribution in [3.05, 3.63) is 22.4 Å². The van der Waals surface area contributed by atoms with Crippen molar-refractivity contribution in [1.29, 1.82) is 0 Å². The van der Waals surface area contributed by atoms with E-state index in [1.165, 1.54) is 18.4 Å². The van der Waals surface area contributed by atoms with Gasteiger partial charge in [-0.05, 0) is 54.0 Å². The molecule has 1 saturated heterocycles. The Labute approximate surface area is 100 Å². The molecule has 2 heterocycles. The number of hydrogen-bond acceptors (Lipinski definition) is 3. The van der Waals surface area contributed by atoms with Gasteiger partial charge in [-0.3, -0.25) is 0 Å². The second-order valence-corrected chi connectivity index (χ2v) is 5.99. The Kier molecular flexibility index (Phi) is 2.78. The smallest absolute Gasteiger partial charge is 0.0685 e. The molecule has 88 valence electrons. The molecule has 3 heteroatoms. The van der Waals surface area contributed by atoms with Crippen LogP contribution in [-0.4, -0.2) is 24.4 Å². The van der Waals surface area contributed by atoms with Gasteiger partial charge in [-0.2, -0.15) is 11.3 Å². The topological polar surface area (TPSA) is 29.5 Å². The van der Waals surface area contributed by atoms with E-state index in [0.29, 0.717) is 12.0 Å². The normalized spacial score (nSPS) is 34.4.